The van der Waals surface area contributed by atoms with Gasteiger partial charge < -0.3 is 5.73 Å². The lowest BCUT2D eigenvalue weighted by molar-refractivity contribution is 0.420. The number of aromatic nitrogens is 3. The third-order valence-electron chi connectivity index (χ3n) is 3.21. The van der Waals surface area contributed by atoms with Crippen LogP contribution in [0.5, 0.6) is 0 Å². The van der Waals surface area contributed by atoms with Gasteiger partial charge in [0, 0.05) is 24.1 Å². The molecule has 1 fully saturated rings. The van der Waals surface area contributed by atoms with E-state index >= 15 is 0 Å². The summed E-state index contributed by atoms with van der Waals surface area (Å²) >= 11 is 2.01. The van der Waals surface area contributed by atoms with E-state index in [4.69, 9.17) is 5.73 Å². The Morgan fingerprint density at radius 1 is 1.40 bits per heavy atom. The molecule has 0 aromatic carbocycles. The van der Waals surface area contributed by atoms with Crippen LogP contribution in [0.25, 0.3) is 0 Å². The Hall–Kier alpha value is -0.550. The number of rotatable bonds is 1. The molecule has 2 N–H and O–H groups in total. The van der Waals surface area contributed by atoms with Gasteiger partial charge in [-0.05, 0) is 18.6 Å². The number of hydrogen-bond donors (Lipinski definition) is 1. The number of aryl methyl sites for hydroxylation is 1. The summed E-state index contributed by atoms with van der Waals surface area (Å²) in [5, 5.41) is 4.60. The fourth-order valence-electron chi connectivity index (χ4n) is 2.26. The van der Waals surface area contributed by atoms with Crippen LogP contribution in [0.3, 0.4) is 0 Å². The highest BCUT2D eigenvalue weighted by Crippen LogP contribution is 2.31. The van der Waals surface area contributed by atoms with E-state index in [1.165, 1.54) is 17.9 Å². The van der Waals surface area contributed by atoms with E-state index in [0.717, 1.165) is 31.0 Å². The van der Waals surface area contributed by atoms with Crippen molar-refractivity contribution >= 4 is 11.8 Å². The van der Waals surface area contributed by atoms with E-state index in [0.29, 0.717) is 5.92 Å². The average Bonchev–Trinajstić information content (AvgIpc) is 2.84. The van der Waals surface area contributed by atoms with E-state index in [9.17, 15) is 0 Å². The van der Waals surface area contributed by atoms with Crippen molar-refractivity contribution in [3.8, 4) is 0 Å². The highest BCUT2D eigenvalue weighted by Gasteiger charge is 2.25. The number of thioether (sulfide) groups is 1. The minimum atomic E-state index is 0.269. The van der Waals surface area contributed by atoms with Crippen LogP contribution in [0.2, 0.25) is 0 Å². The smallest absolute Gasteiger partial charge is 0.154 e. The first-order chi connectivity index (χ1) is 7.33. The number of hydrogen-bond acceptors (Lipinski definition) is 4. The average molecular weight is 224 g/mol. The van der Waals surface area contributed by atoms with E-state index < -0.39 is 0 Å². The van der Waals surface area contributed by atoms with E-state index in [1.54, 1.807) is 0 Å². The molecule has 3 heterocycles. The van der Waals surface area contributed by atoms with Crippen LogP contribution >= 0.6 is 11.8 Å². The minimum Gasteiger partial charge on any atom is -0.326 e. The van der Waals surface area contributed by atoms with Gasteiger partial charge in [0.15, 0.2) is 5.82 Å². The molecule has 1 saturated heterocycles. The van der Waals surface area contributed by atoms with Crippen LogP contribution in [-0.4, -0.2) is 32.3 Å². The summed E-state index contributed by atoms with van der Waals surface area (Å²) in [5.41, 5.74) is 5.92. The van der Waals surface area contributed by atoms with Crippen LogP contribution in [0.1, 0.15) is 30.4 Å². The Morgan fingerprint density at radius 3 is 3.13 bits per heavy atom. The first kappa shape index (κ1) is 9.66. The summed E-state index contributed by atoms with van der Waals surface area (Å²) in [6.07, 6.45) is 3.28. The molecule has 2 unspecified atom stereocenters. The van der Waals surface area contributed by atoms with Crippen molar-refractivity contribution < 1.29 is 0 Å². The van der Waals surface area contributed by atoms with Crippen molar-refractivity contribution in [2.75, 3.05) is 11.5 Å². The van der Waals surface area contributed by atoms with Crippen LogP contribution in [0.4, 0.5) is 0 Å². The Kier molecular flexibility index (Phi) is 2.44. The fraction of sp³-hybridized carbons (Fsp3) is 0.800. The molecule has 0 spiro atoms. The summed E-state index contributed by atoms with van der Waals surface area (Å²) in [5.74, 6) is 5.24. The molecule has 0 amide bonds. The second kappa shape index (κ2) is 3.79. The maximum absolute atomic E-state index is 5.92. The molecular formula is C10H16N4S. The standard InChI is InChI=1S/C10H16N4S/c11-8-1-2-9-12-10(13-14(9)5-8)7-3-4-15-6-7/h7-8H,1-6,11H2. The van der Waals surface area contributed by atoms with E-state index in [1.807, 2.05) is 16.4 Å². The normalized spacial score (nSPS) is 30.5. The molecule has 0 radical (unpaired) electrons. The van der Waals surface area contributed by atoms with Crippen LogP contribution < -0.4 is 5.73 Å². The molecule has 3 rings (SSSR count). The highest BCUT2D eigenvalue weighted by atomic mass is 32.2. The van der Waals surface area contributed by atoms with Crippen molar-refractivity contribution in [2.45, 2.75) is 37.8 Å². The molecule has 82 valence electrons. The zero-order chi connectivity index (χ0) is 10.3. The molecule has 2 aliphatic rings. The summed E-state index contributed by atoms with van der Waals surface area (Å²) in [6.45, 7) is 0.849. The van der Waals surface area contributed by atoms with Gasteiger partial charge in [0.05, 0.1) is 6.54 Å². The number of fused-ring (bicyclic) bond motifs is 1. The Morgan fingerprint density at radius 2 is 2.33 bits per heavy atom. The van der Waals surface area contributed by atoms with Crippen molar-refractivity contribution in [3.05, 3.63) is 11.6 Å². The molecule has 1 aromatic heterocycles. The van der Waals surface area contributed by atoms with Crippen molar-refractivity contribution in [2.24, 2.45) is 5.73 Å². The van der Waals surface area contributed by atoms with E-state index in [2.05, 4.69) is 10.1 Å². The minimum absolute atomic E-state index is 0.269. The zero-order valence-corrected chi connectivity index (χ0v) is 9.54. The molecule has 0 bridgehead atoms. The highest BCUT2D eigenvalue weighted by molar-refractivity contribution is 7.99. The molecule has 15 heavy (non-hydrogen) atoms. The predicted octanol–water partition coefficient (Wildman–Crippen LogP) is 0.772. The van der Waals surface area contributed by atoms with Gasteiger partial charge in [0.2, 0.25) is 0 Å². The topological polar surface area (TPSA) is 56.7 Å². The Bertz CT molecular complexity index is 356. The molecule has 0 saturated carbocycles. The first-order valence-electron chi connectivity index (χ1n) is 5.60. The van der Waals surface area contributed by atoms with Gasteiger partial charge in [-0.1, -0.05) is 0 Å². The molecule has 0 aliphatic carbocycles. The predicted molar refractivity (Wildman–Crippen MR) is 61.0 cm³/mol. The maximum atomic E-state index is 5.92. The lowest BCUT2D eigenvalue weighted by Gasteiger charge is -2.17. The molecule has 1 aromatic rings. The van der Waals surface area contributed by atoms with Crippen molar-refractivity contribution in [3.63, 3.8) is 0 Å². The van der Waals surface area contributed by atoms with Crippen molar-refractivity contribution in [1.82, 2.24) is 14.8 Å². The molecule has 2 atom stereocenters. The molecule has 4 nitrogen and oxygen atoms in total. The van der Waals surface area contributed by atoms with Crippen LogP contribution in [0, 0.1) is 0 Å². The van der Waals surface area contributed by atoms with Gasteiger partial charge >= 0.3 is 0 Å². The van der Waals surface area contributed by atoms with Gasteiger partial charge in [-0.3, -0.25) is 0 Å². The summed E-state index contributed by atoms with van der Waals surface area (Å²) < 4.78 is 2.02. The SMILES string of the molecule is NC1CCc2nc(C3CCSC3)nn2C1. The Balaban J connectivity index is 1.85. The van der Waals surface area contributed by atoms with Gasteiger partial charge in [0.1, 0.15) is 5.82 Å². The zero-order valence-electron chi connectivity index (χ0n) is 8.72. The second-order valence-corrected chi connectivity index (χ2v) is 5.58. The quantitative estimate of drug-likeness (QED) is 0.765. The van der Waals surface area contributed by atoms with Crippen molar-refractivity contribution in [1.29, 1.82) is 0 Å². The van der Waals surface area contributed by atoms with Crippen LogP contribution in [0.15, 0.2) is 0 Å². The lowest BCUT2D eigenvalue weighted by atomic mass is 10.1. The third-order valence-corrected chi connectivity index (χ3v) is 4.37. The second-order valence-electron chi connectivity index (χ2n) is 4.43. The summed E-state index contributed by atoms with van der Waals surface area (Å²) in [6, 6.07) is 0.269. The first-order valence-corrected chi connectivity index (χ1v) is 6.75. The fourth-order valence-corrected chi connectivity index (χ4v) is 3.48. The monoisotopic (exact) mass is 224 g/mol. The summed E-state index contributed by atoms with van der Waals surface area (Å²) in [4.78, 5) is 4.65. The third kappa shape index (κ3) is 1.78. The molecular weight excluding hydrogens is 208 g/mol. The lowest BCUT2D eigenvalue weighted by Crippen LogP contribution is -2.32. The molecule has 2 aliphatic heterocycles. The van der Waals surface area contributed by atoms with E-state index in [-0.39, 0.29) is 6.04 Å². The van der Waals surface area contributed by atoms with Gasteiger partial charge in [-0.25, -0.2) is 9.67 Å². The molecule has 5 heteroatoms. The largest absolute Gasteiger partial charge is 0.326 e. The maximum Gasteiger partial charge on any atom is 0.154 e. The van der Waals surface area contributed by atoms with Gasteiger partial charge in [0.25, 0.3) is 0 Å². The van der Waals surface area contributed by atoms with Crippen LogP contribution in [-0.2, 0) is 13.0 Å². The summed E-state index contributed by atoms with van der Waals surface area (Å²) in [7, 11) is 0. The Labute approximate surface area is 93.6 Å². The van der Waals surface area contributed by atoms with Gasteiger partial charge in [-0.15, -0.1) is 0 Å². The number of nitrogens with zero attached hydrogens (tertiary/aromatic N) is 3. The number of nitrogens with two attached hydrogens (primary N) is 1. The van der Waals surface area contributed by atoms with Gasteiger partial charge in [-0.2, -0.15) is 16.9 Å².